The van der Waals surface area contributed by atoms with Crippen LogP contribution >= 0.6 is 0 Å². The third kappa shape index (κ3) is 2.99. The molecule has 1 amide bonds. The van der Waals surface area contributed by atoms with E-state index in [0.29, 0.717) is 13.0 Å². The number of aliphatic carboxylic acids is 1. The van der Waals surface area contributed by atoms with Crippen LogP contribution in [0, 0.1) is 5.92 Å². The quantitative estimate of drug-likeness (QED) is 0.904. The van der Waals surface area contributed by atoms with Crippen molar-refractivity contribution in [2.45, 2.75) is 19.4 Å². The second-order valence-electron chi connectivity index (χ2n) is 5.23. The molecule has 0 radical (unpaired) electrons. The van der Waals surface area contributed by atoms with Crippen LogP contribution in [0.2, 0.25) is 0 Å². The van der Waals surface area contributed by atoms with Crippen LogP contribution in [0.15, 0.2) is 30.3 Å². The van der Waals surface area contributed by atoms with E-state index in [1.54, 1.807) is 11.9 Å². The molecule has 2 unspecified atom stereocenters. The maximum atomic E-state index is 12.3. The number of amides is 1. The zero-order valence-corrected chi connectivity index (χ0v) is 11.8. The second-order valence-corrected chi connectivity index (χ2v) is 5.23. The number of carboxylic acid groups (broad SMARTS) is 1. The molecular formula is C15H20N2O3. The van der Waals surface area contributed by atoms with Crippen LogP contribution in [0.25, 0.3) is 0 Å². The standard InChI is InChI=1S/C15H20N2O3/c1-11-13(15(19)20)8-9-17(11)10-14(18)16(2)12-6-4-3-5-7-12/h3-7,11,13H,8-10H2,1-2H3,(H,19,20). The molecule has 5 nitrogen and oxygen atoms in total. The Morgan fingerprint density at radius 3 is 2.55 bits per heavy atom. The Morgan fingerprint density at radius 2 is 2.00 bits per heavy atom. The Kier molecular flexibility index (Phi) is 4.39. The molecule has 0 saturated carbocycles. The summed E-state index contributed by atoms with van der Waals surface area (Å²) >= 11 is 0. The molecule has 0 bridgehead atoms. The molecular weight excluding hydrogens is 256 g/mol. The second kappa shape index (κ2) is 6.05. The first kappa shape index (κ1) is 14.5. The summed E-state index contributed by atoms with van der Waals surface area (Å²) in [6.45, 7) is 2.80. The summed E-state index contributed by atoms with van der Waals surface area (Å²) in [7, 11) is 1.74. The molecule has 1 aromatic rings. The van der Waals surface area contributed by atoms with Crippen LogP contribution in [0.4, 0.5) is 5.69 Å². The summed E-state index contributed by atoms with van der Waals surface area (Å²) in [5.41, 5.74) is 0.846. The molecule has 0 spiro atoms. The summed E-state index contributed by atoms with van der Waals surface area (Å²) in [5, 5.41) is 9.10. The summed E-state index contributed by atoms with van der Waals surface area (Å²) < 4.78 is 0. The van der Waals surface area contributed by atoms with E-state index >= 15 is 0 Å². The van der Waals surface area contributed by atoms with Gasteiger partial charge >= 0.3 is 5.97 Å². The number of likely N-dealkylation sites (N-methyl/N-ethyl adjacent to an activating group) is 1. The van der Waals surface area contributed by atoms with Gasteiger partial charge in [0.25, 0.3) is 0 Å². The SMILES string of the molecule is CC1C(C(=O)O)CCN1CC(=O)N(C)c1ccccc1. The molecule has 1 saturated heterocycles. The number of carboxylic acids is 1. The molecule has 1 aromatic carbocycles. The van der Waals surface area contributed by atoms with Gasteiger partial charge in [0, 0.05) is 18.8 Å². The summed E-state index contributed by atoms with van der Waals surface area (Å²) in [6, 6.07) is 9.34. The molecule has 1 aliphatic heterocycles. The average Bonchev–Trinajstić information content (AvgIpc) is 2.80. The molecule has 2 atom stereocenters. The minimum absolute atomic E-state index is 0.0194. The molecule has 1 aliphatic rings. The van der Waals surface area contributed by atoms with Crippen LogP contribution in [0.3, 0.4) is 0 Å². The van der Waals surface area contributed by atoms with Gasteiger partial charge in [-0.05, 0) is 32.0 Å². The van der Waals surface area contributed by atoms with E-state index in [2.05, 4.69) is 0 Å². The van der Waals surface area contributed by atoms with Crippen LogP contribution in [-0.2, 0) is 9.59 Å². The molecule has 1 heterocycles. The lowest BCUT2D eigenvalue weighted by atomic mass is 10.0. The summed E-state index contributed by atoms with van der Waals surface area (Å²) in [4.78, 5) is 26.9. The Labute approximate surface area is 118 Å². The van der Waals surface area contributed by atoms with Crippen molar-refractivity contribution in [1.82, 2.24) is 4.90 Å². The first-order valence-electron chi connectivity index (χ1n) is 6.79. The zero-order valence-electron chi connectivity index (χ0n) is 11.8. The van der Waals surface area contributed by atoms with Crippen LogP contribution in [0.1, 0.15) is 13.3 Å². The molecule has 20 heavy (non-hydrogen) atoms. The number of para-hydroxylation sites is 1. The molecule has 108 valence electrons. The topological polar surface area (TPSA) is 60.9 Å². The van der Waals surface area contributed by atoms with Gasteiger partial charge in [0.2, 0.25) is 5.91 Å². The van der Waals surface area contributed by atoms with Crippen molar-refractivity contribution in [1.29, 1.82) is 0 Å². The van der Waals surface area contributed by atoms with E-state index in [-0.39, 0.29) is 24.4 Å². The van der Waals surface area contributed by atoms with E-state index in [0.717, 1.165) is 5.69 Å². The van der Waals surface area contributed by atoms with Crippen molar-refractivity contribution in [3.05, 3.63) is 30.3 Å². The van der Waals surface area contributed by atoms with Crippen molar-refractivity contribution in [3.8, 4) is 0 Å². The minimum atomic E-state index is -0.774. The van der Waals surface area contributed by atoms with Gasteiger partial charge < -0.3 is 10.0 Å². The number of likely N-dealkylation sites (tertiary alicyclic amines) is 1. The van der Waals surface area contributed by atoms with Crippen molar-refractivity contribution < 1.29 is 14.7 Å². The van der Waals surface area contributed by atoms with Crippen LogP contribution in [0.5, 0.6) is 0 Å². The lowest BCUT2D eigenvalue weighted by molar-refractivity contribution is -0.142. The highest BCUT2D eigenvalue weighted by atomic mass is 16.4. The van der Waals surface area contributed by atoms with Gasteiger partial charge in [-0.2, -0.15) is 0 Å². The highest BCUT2D eigenvalue weighted by molar-refractivity contribution is 5.94. The van der Waals surface area contributed by atoms with Gasteiger partial charge in [0.05, 0.1) is 12.5 Å². The normalized spacial score (nSPS) is 22.7. The van der Waals surface area contributed by atoms with E-state index in [1.807, 2.05) is 42.2 Å². The molecule has 0 aromatic heterocycles. The number of hydrogen-bond acceptors (Lipinski definition) is 3. The molecule has 0 aliphatic carbocycles. The Bertz CT molecular complexity index is 489. The minimum Gasteiger partial charge on any atom is -0.481 e. The zero-order chi connectivity index (χ0) is 14.7. The number of hydrogen-bond donors (Lipinski definition) is 1. The summed E-state index contributed by atoms with van der Waals surface area (Å²) in [6.07, 6.45) is 0.610. The van der Waals surface area contributed by atoms with Crippen molar-refractivity contribution >= 4 is 17.6 Å². The van der Waals surface area contributed by atoms with Crippen molar-refractivity contribution in [3.63, 3.8) is 0 Å². The fourth-order valence-electron chi connectivity index (χ4n) is 2.63. The van der Waals surface area contributed by atoms with Gasteiger partial charge in [0.1, 0.15) is 0 Å². The van der Waals surface area contributed by atoms with E-state index < -0.39 is 5.97 Å². The highest BCUT2D eigenvalue weighted by Gasteiger charge is 2.36. The molecule has 5 heteroatoms. The number of benzene rings is 1. The van der Waals surface area contributed by atoms with E-state index in [1.165, 1.54) is 0 Å². The van der Waals surface area contributed by atoms with Crippen LogP contribution in [-0.4, -0.2) is 48.1 Å². The predicted octanol–water partition coefficient (Wildman–Crippen LogP) is 1.44. The third-order valence-corrected chi connectivity index (χ3v) is 4.06. The van der Waals surface area contributed by atoms with Gasteiger partial charge in [-0.15, -0.1) is 0 Å². The van der Waals surface area contributed by atoms with Crippen molar-refractivity contribution in [2.75, 3.05) is 25.0 Å². The van der Waals surface area contributed by atoms with E-state index in [9.17, 15) is 9.59 Å². The number of carbonyl (C=O) groups excluding carboxylic acids is 1. The Balaban J connectivity index is 1.97. The Hall–Kier alpha value is -1.88. The van der Waals surface area contributed by atoms with E-state index in [4.69, 9.17) is 5.11 Å². The highest BCUT2D eigenvalue weighted by Crippen LogP contribution is 2.24. The summed E-state index contributed by atoms with van der Waals surface area (Å²) in [5.74, 6) is -1.16. The lowest BCUT2D eigenvalue weighted by Gasteiger charge is -2.25. The molecule has 1 fully saturated rings. The fraction of sp³-hybridized carbons (Fsp3) is 0.467. The predicted molar refractivity (Wildman–Crippen MR) is 76.6 cm³/mol. The maximum Gasteiger partial charge on any atom is 0.308 e. The maximum absolute atomic E-state index is 12.3. The van der Waals surface area contributed by atoms with Crippen LogP contribution < -0.4 is 4.90 Å². The smallest absolute Gasteiger partial charge is 0.308 e. The number of carbonyl (C=O) groups is 2. The first-order valence-corrected chi connectivity index (χ1v) is 6.79. The Morgan fingerprint density at radius 1 is 1.35 bits per heavy atom. The third-order valence-electron chi connectivity index (χ3n) is 4.06. The lowest BCUT2D eigenvalue weighted by Crippen LogP contribution is -2.41. The van der Waals surface area contributed by atoms with Gasteiger partial charge in [-0.3, -0.25) is 14.5 Å². The van der Waals surface area contributed by atoms with Gasteiger partial charge in [-0.25, -0.2) is 0 Å². The largest absolute Gasteiger partial charge is 0.481 e. The number of anilines is 1. The monoisotopic (exact) mass is 276 g/mol. The molecule has 1 N–H and O–H groups in total. The number of nitrogens with zero attached hydrogens (tertiary/aromatic N) is 2. The fourth-order valence-corrected chi connectivity index (χ4v) is 2.63. The first-order chi connectivity index (χ1) is 9.50. The van der Waals surface area contributed by atoms with Gasteiger partial charge in [-0.1, -0.05) is 18.2 Å². The average molecular weight is 276 g/mol. The van der Waals surface area contributed by atoms with Gasteiger partial charge in [0.15, 0.2) is 0 Å². The number of rotatable bonds is 4. The molecule has 2 rings (SSSR count). The van der Waals surface area contributed by atoms with Crippen molar-refractivity contribution in [2.24, 2.45) is 5.92 Å².